The molecule has 0 saturated carbocycles. The molecule has 1 unspecified atom stereocenters. The largest absolute Gasteiger partial charge is 0.466 e. The average molecular weight is 322 g/mol. The highest BCUT2D eigenvalue weighted by Gasteiger charge is 2.37. The normalized spacial score (nSPS) is 12.3. The third-order valence-corrected chi connectivity index (χ3v) is 3.58. The maximum Gasteiger partial charge on any atom is 0.306 e. The van der Waals surface area contributed by atoms with Gasteiger partial charge >= 0.3 is 5.97 Å². The summed E-state index contributed by atoms with van der Waals surface area (Å²) >= 11 is 0. The van der Waals surface area contributed by atoms with Crippen LogP contribution in [0.15, 0.2) is 30.3 Å². The van der Waals surface area contributed by atoms with Crippen LogP contribution in [0.25, 0.3) is 0 Å². The van der Waals surface area contributed by atoms with Crippen molar-refractivity contribution in [3.05, 3.63) is 46.0 Å². The Morgan fingerprint density at radius 3 is 2.43 bits per heavy atom. The Kier molecular flexibility index (Phi) is 6.68. The number of amides is 1. The second-order valence-electron chi connectivity index (χ2n) is 5.76. The van der Waals surface area contributed by atoms with E-state index in [0.717, 1.165) is 0 Å². The minimum Gasteiger partial charge on any atom is -0.466 e. The van der Waals surface area contributed by atoms with E-state index in [4.69, 9.17) is 4.74 Å². The number of hydrogen-bond donors (Lipinski definition) is 1. The Morgan fingerprint density at radius 2 is 1.91 bits per heavy atom. The lowest BCUT2D eigenvalue weighted by Gasteiger charge is -2.32. The van der Waals surface area contributed by atoms with Gasteiger partial charge in [0.05, 0.1) is 18.9 Å². The molecule has 0 fully saturated rings. The zero-order valence-electron chi connectivity index (χ0n) is 13.6. The summed E-state index contributed by atoms with van der Waals surface area (Å²) in [5.74, 6) is -1.53. The minimum atomic E-state index is -0.938. The van der Waals surface area contributed by atoms with E-state index in [1.807, 2.05) is 0 Å². The third kappa shape index (κ3) is 6.06. The summed E-state index contributed by atoms with van der Waals surface area (Å²) in [6.07, 6.45) is -0.128. The molecule has 1 atom stereocenters. The quantitative estimate of drug-likeness (QED) is 0.448. The van der Waals surface area contributed by atoms with Crippen LogP contribution in [0.2, 0.25) is 0 Å². The third-order valence-electron chi connectivity index (χ3n) is 3.58. The lowest BCUT2D eigenvalue weighted by molar-refractivity contribution is -0.490. The van der Waals surface area contributed by atoms with E-state index in [0.29, 0.717) is 5.56 Å². The van der Waals surface area contributed by atoms with Crippen LogP contribution in [0.3, 0.4) is 0 Å². The Hall–Kier alpha value is -2.44. The molecule has 7 nitrogen and oxygen atoms in total. The van der Waals surface area contributed by atoms with E-state index in [-0.39, 0.29) is 18.9 Å². The fraction of sp³-hybridized carbons (Fsp3) is 0.500. The molecule has 0 spiro atoms. The van der Waals surface area contributed by atoms with Gasteiger partial charge in [-0.25, -0.2) is 0 Å². The summed E-state index contributed by atoms with van der Waals surface area (Å²) in [6, 6.07) is 8.56. The predicted octanol–water partition coefficient (Wildman–Crippen LogP) is 2.04. The van der Waals surface area contributed by atoms with E-state index in [1.165, 1.54) is 0 Å². The number of nitrogens with one attached hydrogen (secondary N) is 1. The molecule has 0 aliphatic carbocycles. The van der Waals surface area contributed by atoms with Gasteiger partial charge in [0.2, 0.25) is 6.54 Å². The van der Waals surface area contributed by atoms with Crippen molar-refractivity contribution in [1.29, 1.82) is 0 Å². The molecule has 23 heavy (non-hydrogen) atoms. The van der Waals surface area contributed by atoms with Crippen molar-refractivity contribution in [3.63, 3.8) is 0 Å². The molecule has 1 amide bonds. The number of nitro groups is 1. The SMILES string of the molecule is CCOC(=O)CC(C[N+](=O)[O-])C(C)(C)NC(=O)c1ccccc1. The summed E-state index contributed by atoms with van der Waals surface area (Å²) < 4.78 is 4.86. The summed E-state index contributed by atoms with van der Waals surface area (Å²) in [4.78, 5) is 34.4. The van der Waals surface area contributed by atoms with Crippen LogP contribution >= 0.6 is 0 Å². The zero-order chi connectivity index (χ0) is 17.5. The van der Waals surface area contributed by atoms with Crippen LogP contribution in [0.1, 0.15) is 37.6 Å². The molecule has 1 aromatic rings. The van der Waals surface area contributed by atoms with Gasteiger partial charge in [-0.3, -0.25) is 19.7 Å². The van der Waals surface area contributed by atoms with Gasteiger partial charge in [0.1, 0.15) is 0 Å². The van der Waals surface area contributed by atoms with Crippen molar-refractivity contribution in [2.24, 2.45) is 5.92 Å². The number of nitrogens with zero attached hydrogens (tertiary/aromatic N) is 1. The molecule has 0 bridgehead atoms. The number of ether oxygens (including phenoxy) is 1. The first-order valence-corrected chi connectivity index (χ1v) is 7.41. The van der Waals surface area contributed by atoms with Gasteiger partial charge in [0, 0.05) is 16.0 Å². The standard InChI is InChI=1S/C16H22N2O5/c1-4-23-14(19)10-13(11-18(21)22)16(2,3)17-15(20)12-8-6-5-7-9-12/h5-9,13H,4,10-11H2,1-3H3,(H,17,20). The molecule has 0 radical (unpaired) electrons. The first-order valence-electron chi connectivity index (χ1n) is 7.41. The lowest BCUT2D eigenvalue weighted by Crippen LogP contribution is -2.51. The molecule has 0 saturated heterocycles. The van der Waals surface area contributed by atoms with Crippen molar-refractivity contribution >= 4 is 11.9 Å². The Morgan fingerprint density at radius 1 is 1.30 bits per heavy atom. The number of carbonyl (C=O) groups excluding carboxylic acids is 2. The number of rotatable bonds is 8. The fourth-order valence-electron chi connectivity index (χ4n) is 2.21. The Balaban J connectivity index is 2.86. The molecular weight excluding hydrogens is 300 g/mol. The van der Waals surface area contributed by atoms with Gasteiger partial charge in [0.25, 0.3) is 5.91 Å². The number of hydrogen-bond acceptors (Lipinski definition) is 5. The molecule has 0 heterocycles. The molecule has 0 aromatic heterocycles. The van der Waals surface area contributed by atoms with Gasteiger partial charge in [-0.15, -0.1) is 0 Å². The first-order chi connectivity index (χ1) is 10.8. The van der Waals surface area contributed by atoms with Crippen molar-refractivity contribution in [3.8, 4) is 0 Å². The maximum absolute atomic E-state index is 12.3. The topological polar surface area (TPSA) is 98.5 Å². The van der Waals surface area contributed by atoms with Crippen molar-refractivity contribution in [1.82, 2.24) is 5.32 Å². The molecule has 126 valence electrons. The van der Waals surface area contributed by atoms with Gasteiger partial charge in [-0.1, -0.05) is 18.2 Å². The molecule has 0 aliphatic heterocycles. The molecule has 0 aliphatic rings. The van der Waals surface area contributed by atoms with Gasteiger partial charge in [-0.2, -0.15) is 0 Å². The second-order valence-corrected chi connectivity index (χ2v) is 5.76. The van der Waals surface area contributed by atoms with Gasteiger partial charge in [-0.05, 0) is 32.9 Å². The molecule has 7 heteroatoms. The number of esters is 1. The first kappa shape index (κ1) is 18.6. The molecule has 1 rings (SSSR count). The van der Waals surface area contributed by atoms with E-state index in [1.54, 1.807) is 51.1 Å². The van der Waals surface area contributed by atoms with E-state index < -0.39 is 28.9 Å². The fourth-order valence-corrected chi connectivity index (χ4v) is 2.21. The highest BCUT2D eigenvalue weighted by molar-refractivity contribution is 5.94. The van der Waals surface area contributed by atoms with Crippen LogP contribution in [0.4, 0.5) is 0 Å². The summed E-state index contributed by atoms with van der Waals surface area (Å²) in [7, 11) is 0. The van der Waals surface area contributed by atoms with Gasteiger partial charge < -0.3 is 10.1 Å². The summed E-state index contributed by atoms with van der Waals surface area (Å²) in [6.45, 7) is 4.78. The van der Waals surface area contributed by atoms with E-state index in [9.17, 15) is 19.7 Å². The second kappa shape index (κ2) is 8.26. The van der Waals surface area contributed by atoms with Crippen molar-refractivity contribution in [2.75, 3.05) is 13.2 Å². The number of carbonyl (C=O) groups is 2. The van der Waals surface area contributed by atoms with Crippen LogP contribution in [-0.2, 0) is 9.53 Å². The van der Waals surface area contributed by atoms with Gasteiger partial charge in [0.15, 0.2) is 0 Å². The van der Waals surface area contributed by atoms with E-state index in [2.05, 4.69) is 5.32 Å². The van der Waals surface area contributed by atoms with Crippen LogP contribution in [-0.4, -0.2) is 35.5 Å². The highest BCUT2D eigenvalue weighted by atomic mass is 16.6. The van der Waals surface area contributed by atoms with E-state index >= 15 is 0 Å². The Bertz CT molecular complexity index is 557. The molecule has 1 aromatic carbocycles. The average Bonchev–Trinajstić information content (AvgIpc) is 2.47. The monoisotopic (exact) mass is 322 g/mol. The maximum atomic E-state index is 12.3. The zero-order valence-corrected chi connectivity index (χ0v) is 13.6. The summed E-state index contributed by atoms with van der Waals surface area (Å²) in [5.41, 5.74) is -0.483. The Labute approximate surface area is 135 Å². The predicted molar refractivity (Wildman–Crippen MR) is 84.6 cm³/mol. The highest BCUT2D eigenvalue weighted by Crippen LogP contribution is 2.22. The summed E-state index contributed by atoms with van der Waals surface area (Å²) in [5, 5.41) is 13.7. The van der Waals surface area contributed by atoms with Crippen LogP contribution in [0.5, 0.6) is 0 Å². The van der Waals surface area contributed by atoms with Crippen LogP contribution < -0.4 is 5.32 Å². The molecule has 1 N–H and O–H groups in total. The van der Waals surface area contributed by atoms with Crippen molar-refractivity contribution in [2.45, 2.75) is 32.7 Å². The van der Waals surface area contributed by atoms with Crippen LogP contribution in [0, 0.1) is 16.0 Å². The smallest absolute Gasteiger partial charge is 0.306 e. The van der Waals surface area contributed by atoms with Crippen molar-refractivity contribution < 1.29 is 19.2 Å². The minimum absolute atomic E-state index is 0.128. The lowest BCUT2D eigenvalue weighted by atomic mass is 9.84. The number of benzene rings is 1. The molecular formula is C16H22N2O5.